The van der Waals surface area contributed by atoms with E-state index in [4.69, 9.17) is 15.9 Å². The first-order valence-electron chi connectivity index (χ1n) is 5.95. The number of carboxylic acids is 2. The topological polar surface area (TPSA) is 101 Å². The first-order chi connectivity index (χ1) is 9.02. The van der Waals surface area contributed by atoms with E-state index in [2.05, 4.69) is 0 Å². The van der Waals surface area contributed by atoms with Crippen molar-refractivity contribution in [3.8, 4) is 0 Å². The Morgan fingerprint density at radius 2 is 1.74 bits per heavy atom. The van der Waals surface area contributed by atoms with Crippen molar-refractivity contribution in [3.05, 3.63) is 42.5 Å². The van der Waals surface area contributed by atoms with Crippen molar-refractivity contribution in [3.63, 3.8) is 0 Å². The van der Waals surface area contributed by atoms with Crippen LogP contribution in [0, 0.1) is 11.8 Å². The summed E-state index contributed by atoms with van der Waals surface area (Å²) in [6.45, 7) is 0. The molecule has 0 saturated carbocycles. The number of para-hydroxylation sites is 1. The van der Waals surface area contributed by atoms with E-state index in [-0.39, 0.29) is 0 Å². The van der Waals surface area contributed by atoms with Crippen molar-refractivity contribution < 1.29 is 19.8 Å². The lowest BCUT2D eigenvalue weighted by Gasteiger charge is -2.19. The molecule has 19 heavy (non-hydrogen) atoms. The van der Waals surface area contributed by atoms with Crippen LogP contribution >= 0.6 is 0 Å². The Balaban J connectivity index is 0.000000218. The molecule has 1 aliphatic rings. The normalized spacial score (nSPS) is 21.1. The van der Waals surface area contributed by atoms with Gasteiger partial charge in [0.2, 0.25) is 0 Å². The molecule has 0 heterocycles. The Morgan fingerprint density at radius 1 is 1.11 bits per heavy atom. The molecule has 1 aliphatic carbocycles. The Labute approximate surface area is 111 Å². The van der Waals surface area contributed by atoms with Crippen LogP contribution in [0.2, 0.25) is 0 Å². The van der Waals surface area contributed by atoms with Crippen LogP contribution in [0.5, 0.6) is 0 Å². The minimum Gasteiger partial charge on any atom is -0.481 e. The van der Waals surface area contributed by atoms with Crippen LogP contribution < -0.4 is 5.73 Å². The van der Waals surface area contributed by atoms with Crippen LogP contribution in [0.25, 0.3) is 0 Å². The van der Waals surface area contributed by atoms with Crippen molar-refractivity contribution in [2.45, 2.75) is 12.8 Å². The first kappa shape index (κ1) is 14.8. The molecule has 2 unspecified atom stereocenters. The van der Waals surface area contributed by atoms with E-state index in [9.17, 15) is 9.59 Å². The van der Waals surface area contributed by atoms with E-state index in [0.29, 0.717) is 12.8 Å². The monoisotopic (exact) mass is 263 g/mol. The Bertz CT molecular complexity index is 456. The molecule has 2 atom stereocenters. The van der Waals surface area contributed by atoms with E-state index in [1.165, 1.54) is 6.08 Å². The molecule has 0 spiro atoms. The SMILES string of the molecule is Nc1ccccc1.O=C(O)C1C=CCCC1C(=O)O. The fourth-order valence-electron chi connectivity index (χ4n) is 1.82. The number of rotatable bonds is 2. The molecule has 4 N–H and O–H groups in total. The van der Waals surface area contributed by atoms with Crippen LogP contribution in [0.4, 0.5) is 5.69 Å². The zero-order valence-corrected chi connectivity index (χ0v) is 10.4. The number of hydrogen-bond donors (Lipinski definition) is 3. The van der Waals surface area contributed by atoms with E-state index < -0.39 is 23.8 Å². The predicted octanol–water partition coefficient (Wildman–Crippen LogP) is 2.01. The van der Waals surface area contributed by atoms with Gasteiger partial charge in [0.1, 0.15) is 0 Å². The van der Waals surface area contributed by atoms with Gasteiger partial charge < -0.3 is 15.9 Å². The number of carboxylic acid groups (broad SMARTS) is 2. The molecule has 1 aromatic carbocycles. The summed E-state index contributed by atoms with van der Waals surface area (Å²) >= 11 is 0. The van der Waals surface area contributed by atoms with Gasteiger partial charge in [0.25, 0.3) is 0 Å². The van der Waals surface area contributed by atoms with Crippen molar-refractivity contribution in [2.75, 3.05) is 5.73 Å². The van der Waals surface area contributed by atoms with Crippen molar-refractivity contribution in [1.29, 1.82) is 0 Å². The van der Waals surface area contributed by atoms with Gasteiger partial charge in [-0.25, -0.2) is 0 Å². The van der Waals surface area contributed by atoms with E-state index >= 15 is 0 Å². The molecular formula is C14H17NO4. The standard InChI is InChI=1S/C8H10O4.C6H7N/c9-7(10)5-3-1-2-4-6(5)8(11)12;7-6-4-2-1-3-5-6/h1,3,5-6H,2,4H2,(H,9,10)(H,11,12);1-5H,7H2. The van der Waals surface area contributed by atoms with Crippen molar-refractivity contribution in [2.24, 2.45) is 11.8 Å². The number of nitrogen functional groups attached to an aromatic ring is 1. The maximum Gasteiger partial charge on any atom is 0.311 e. The number of hydrogen-bond acceptors (Lipinski definition) is 3. The molecule has 0 fully saturated rings. The van der Waals surface area contributed by atoms with Crippen molar-refractivity contribution in [1.82, 2.24) is 0 Å². The van der Waals surface area contributed by atoms with Gasteiger partial charge in [0.05, 0.1) is 11.8 Å². The molecule has 0 amide bonds. The zero-order valence-electron chi connectivity index (χ0n) is 10.4. The lowest BCUT2D eigenvalue weighted by atomic mass is 9.84. The van der Waals surface area contributed by atoms with Crippen LogP contribution in [-0.4, -0.2) is 22.2 Å². The fourth-order valence-corrected chi connectivity index (χ4v) is 1.82. The third kappa shape index (κ3) is 4.83. The number of anilines is 1. The molecule has 5 nitrogen and oxygen atoms in total. The number of aliphatic carboxylic acids is 2. The molecule has 0 saturated heterocycles. The smallest absolute Gasteiger partial charge is 0.311 e. The average Bonchev–Trinajstić information content (AvgIpc) is 2.40. The summed E-state index contributed by atoms with van der Waals surface area (Å²) < 4.78 is 0. The third-order valence-corrected chi connectivity index (χ3v) is 2.82. The van der Waals surface area contributed by atoms with Crippen molar-refractivity contribution >= 4 is 17.6 Å². The van der Waals surface area contributed by atoms with Gasteiger partial charge >= 0.3 is 11.9 Å². The van der Waals surface area contributed by atoms with Gasteiger partial charge in [-0.2, -0.15) is 0 Å². The summed E-state index contributed by atoms with van der Waals surface area (Å²) in [7, 11) is 0. The minimum absolute atomic E-state index is 0.419. The van der Waals surface area contributed by atoms with E-state index in [1.54, 1.807) is 6.08 Å². The molecule has 5 heteroatoms. The summed E-state index contributed by atoms with van der Waals surface area (Å²) in [6.07, 6.45) is 4.26. The molecule has 1 aromatic rings. The Morgan fingerprint density at radius 3 is 2.11 bits per heavy atom. The molecule has 0 aliphatic heterocycles. The number of benzene rings is 1. The number of carbonyl (C=O) groups is 2. The minimum atomic E-state index is -1.06. The molecular weight excluding hydrogens is 246 g/mol. The third-order valence-electron chi connectivity index (χ3n) is 2.82. The van der Waals surface area contributed by atoms with Gasteiger partial charge in [-0.05, 0) is 25.0 Å². The average molecular weight is 263 g/mol. The van der Waals surface area contributed by atoms with E-state index in [0.717, 1.165) is 5.69 Å². The molecule has 0 aromatic heterocycles. The lowest BCUT2D eigenvalue weighted by molar-refractivity contribution is -0.152. The fraction of sp³-hybridized carbons (Fsp3) is 0.286. The zero-order chi connectivity index (χ0) is 14.3. The maximum absolute atomic E-state index is 10.6. The Hall–Kier alpha value is -2.30. The maximum atomic E-state index is 10.6. The summed E-state index contributed by atoms with van der Waals surface area (Å²) in [6, 6.07) is 9.49. The summed E-state index contributed by atoms with van der Waals surface area (Å²) in [5, 5.41) is 17.3. The molecule has 0 bridgehead atoms. The van der Waals surface area contributed by atoms with Crippen LogP contribution in [-0.2, 0) is 9.59 Å². The second-order valence-corrected chi connectivity index (χ2v) is 4.22. The second kappa shape index (κ2) is 7.20. The molecule has 2 rings (SSSR count). The highest BCUT2D eigenvalue weighted by Crippen LogP contribution is 2.24. The molecule has 0 radical (unpaired) electrons. The predicted molar refractivity (Wildman–Crippen MR) is 71.5 cm³/mol. The summed E-state index contributed by atoms with van der Waals surface area (Å²) in [5.74, 6) is -3.69. The van der Waals surface area contributed by atoms with Gasteiger partial charge in [0, 0.05) is 5.69 Å². The summed E-state index contributed by atoms with van der Waals surface area (Å²) in [4.78, 5) is 21.1. The quantitative estimate of drug-likeness (QED) is 0.559. The largest absolute Gasteiger partial charge is 0.481 e. The highest BCUT2D eigenvalue weighted by Gasteiger charge is 2.32. The highest BCUT2D eigenvalue weighted by molar-refractivity contribution is 5.81. The van der Waals surface area contributed by atoms with Crippen LogP contribution in [0.15, 0.2) is 42.5 Å². The Kier molecular flexibility index (Phi) is 5.60. The lowest BCUT2D eigenvalue weighted by Crippen LogP contribution is -2.30. The first-order valence-corrected chi connectivity index (χ1v) is 5.95. The van der Waals surface area contributed by atoms with Gasteiger partial charge in [0.15, 0.2) is 0 Å². The van der Waals surface area contributed by atoms with Crippen LogP contribution in [0.3, 0.4) is 0 Å². The number of allylic oxidation sites excluding steroid dienone is 1. The second-order valence-electron chi connectivity index (χ2n) is 4.22. The van der Waals surface area contributed by atoms with Gasteiger partial charge in [-0.15, -0.1) is 0 Å². The van der Waals surface area contributed by atoms with Crippen LogP contribution in [0.1, 0.15) is 12.8 Å². The molecule has 102 valence electrons. The van der Waals surface area contributed by atoms with Gasteiger partial charge in [-0.3, -0.25) is 9.59 Å². The van der Waals surface area contributed by atoms with E-state index in [1.807, 2.05) is 30.3 Å². The highest BCUT2D eigenvalue weighted by atomic mass is 16.4. The summed E-state index contributed by atoms with van der Waals surface area (Å²) in [5.41, 5.74) is 6.18. The number of nitrogens with two attached hydrogens (primary N) is 1. The van der Waals surface area contributed by atoms with Gasteiger partial charge in [-0.1, -0.05) is 30.4 Å².